The predicted octanol–water partition coefficient (Wildman–Crippen LogP) is 4.19. The van der Waals surface area contributed by atoms with Gasteiger partial charge in [-0.1, -0.05) is 24.3 Å². The second-order valence-corrected chi connectivity index (χ2v) is 6.07. The van der Waals surface area contributed by atoms with Crippen LogP contribution in [0.3, 0.4) is 0 Å². The van der Waals surface area contributed by atoms with Crippen LogP contribution in [0, 0.1) is 20.8 Å². The van der Waals surface area contributed by atoms with E-state index >= 15 is 0 Å². The van der Waals surface area contributed by atoms with Gasteiger partial charge in [0.15, 0.2) is 0 Å². The lowest BCUT2D eigenvalue weighted by Gasteiger charge is -2.11. The molecule has 0 atom stereocenters. The summed E-state index contributed by atoms with van der Waals surface area (Å²) in [5, 5.41) is 5.74. The number of rotatable bonds is 4. The topological polar surface area (TPSA) is 44.1 Å². The SMILES string of the molecule is CCOC(=O)c1ccc2c(C)nn(Cc3c(C)cccc3C)c2c1. The fourth-order valence-electron chi connectivity index (χ4n) is 3.05. The Kier molecular flexibility index (Phi) is 4.38. The van der Waals surface area contributed by atoms with Crippen LogP contribution in [0.5, 0.6) is 0 Å². The number of fused-ring (bicyclic) bond motifs is 1. The molecule has 124 valence electrons. The van der Waals surface area contributed by atoms with Gasteiger partial charge < -0.3 is 4.74 Å². The first-order chi connectivity index (χ1) is 11.5. The molecule has 0 radical (unpaired) electrons. The predicted molar refractivity (Wildman–Crippen MR) is 95.4 cm³/mol. The van der Waals surface area contributed by atoms with Crippen LogP contribution in [0.15, 0.2) is 36.4 Å². The van der Waals surface area contributed by atoms with Crippen LogP contribution in [-0.4, -0.2) is 22.4 Å². The van der Waals surface area contributed by atoms with Crippen molar-refractivity contribution in [2.45, 2.75) is 34.2 Å². The summed E-state index contributed by atoms with van der Waals surface area (Å²) in [5.41, 5.74) is 6.25. The summed E-state index contributed by atoms with van der Waals surface area (Å²) in [4.78, 5) is 12.0. The maximum atomic E-state index is 12.0. The molecule has 0 aliphatic rings. The molecule has 0 aliphatic heterocycles. The standard InChI is InChI=1S/C20H22N2O2/c1-5-24-20(23)16-9-10-17-15(4)21-22(19(17)11-16)12-18-13(2)7-6-8-14(18)3/h6-11H,5,12H2,1-4H3. The van der Waals surface area contributed by atoms with Gasteiger partial charge in [0, 0.05) is 5.39 Å². The molecule has 0 bridgehead atoms. The Bertz CT molecular complexity index is 889. The number of carbonyl (C=O) groups excluding carboxylic acids is 1. The Labute approximate surface area is 142 Å². The van der Waals surface area contributed by atoms with Gasteiger partial charge in [-0.3, -0.25) is 4.68 Å². The summed E-state index contributed by atoms with van der Waals surface area (Å²) in [6, 6.07) is 11.9. The molecule has 0 amide bonds. The highest BCUT2D eigenvalue weighted by molar-refractivity contribution is 5.95. The minimum absolute atomic E-state index is 0.295. The van der Waals surface area contributed by atoms with Gasteiger partial charge in [-0.05, 0) is 56.5 Å². The molecule has 0 fully saturated rings. The van der Waals surface area contributed by atoms with Crippen molar-refractivity contribution in [1.82, 2.24) is 9.78 Å². The molecule has 3 aromatic rings. The summed E-state index contributed by atoms with van der Waals surface area (Å²) in [5.74, 6) is -0.295. The van der Waals surface area contributed by atoms with Gasteiger partial charge in [-0.25, -0.2) is 4.79 Å². The molecule has 0 unspecified atom stereocenters. The first-order valence-corrected chi connectivity index (χ1v) is 8.20. The number of ether oxygens (including phenoxy) is 1. The quantitative estimate of drug-likeness (QED) is 0.677. The van der Waals surface area contributed by atoms with Crippen molar-refractivity contribution >= 4 is 16.9 Å². The van der Waals surface area contributed by atoms with Gasteiger partial charge in [-0.2, -0.15) is 5.10 Å². The highest BCUT2D eigenvalue weighted by Gasteiger charge is 2.14. The van der Waals surface area contributed by atoms with Crippen LogP contribution >= 0.6 is 0 Å². The fourth-order valence-corrected chi connectivity index (χ4v) is 3.05. The number of hydrogen-bond donors (Lipinski definition) is 0. The average Bonchev–Trinajstić information content (AvgIpc) is 2.87. The monoisotopic (exact) mass is 322 g/mol. The second kappa shape index (κ2) is 6.48. The van der Waals surface area contributed by atoms with Crippen molar-refractivity contribution in [3.63, 3.8) is 0 Å². The zero-order valence-corrected chi connectivity index (χ0v) is 14.6. The Morgan fingerprint density at radius 2 is 1.83 bits per heavy atom. The lowest BCUT2D eigenvalue weighted by molar-refractivity contribution is 0.0526. The van der Waals surface area contributed by atoms with Crippen molar-refractivity contribution in [2.75, 3.05) is 6.61 Å². The molecule has 4 heteroatoms. The van der Waals surface area contributed by atoms with E-state index in [0.29, 0.717) is 18.7 Å². The van der Waals surface area contributed by atoms with Crippen molar-refractivity contribution in [3.8, 4) is 0 Å². The lowest BCUT2D eigenvalue weighted by atomic mass is 10.0. The Morgan fingerprint density at radius 1 is 1.12 bits per heavy atom. The summed E-state index contributed by atoms with van der Waals surface area (Å²) in [6.45, 7) is 9.10. The van der Waals surface area contributed by atoms with E-state index in [1.165, 1.54) is 16.7 Å². The van der Waals surface area contributed by atoms with Gasteiger partial charge in [0.1, 0.15) is 0 Å². The number of hydrogen-bond acceptors (Lipinski definition) is 3. The molecule has 1 heterocycles. The average molecular weight is 322 g/mol. The largest absolute Gasteiger partial charge is 0.462 e. The number of aromatic nitrogens is 2. The maximum Gasteiger partial charge on any atom is 0.338 e. The summed E-state index contributed by atoms with van der Waals surface area (Å²) >= 11 is 0. The minimum atomic E-state index is -0.295. The van der Waals surface area contributed by atoms with Crippen molar-refractivity contribution in [1.29, 1.82) is 0 Å². The van der Waals surface area contributed by atoms with E-state index in [1.54, 1.807) is 6.07 Å². The summed E-state index contributed by atoms with van der Waals surface area (Å²) < 4.78 is 7.09. The number of nitrogens with zero attached hydrogens (tertiary/aromatic N) is 2. The van der Waals surface area contributed by atoms with Gasteiger partial charge in [0.25, 0.3) is 0 Å². The van der Waals surface area contributed by atoms with Gasteiger partial charge in [-0.15, -0.1) is 0 Å². The van der Waals surface area contributed by atoms with E-state index in [-0.39, 0.29) is 5.97 Å². The van der Waals surface area contributed by atoms with Crippen LogP contribution in [0.25, 0.3) is 10.9 Å². The zero-order chi connectivity index (χ0) is 17.3. The van der Waals surface area contributed by atoms with E-state index in [1.807, 2.05) is 30.7 Å². The molecule has 0 aliphatic carbocycles. The number of esters is 1. The van der Waals surface area contributed by atoms with E-state index in [0.717, 1.165) is 16.6 Å². The van der Waals surface area contributed by atoms with Gasteiger partial charge in [0.05, 0.1) is 29.9 Å². The Hall–Kier alpha value is -2.62. The highest BCUT2D eigenvalue weighted by Crippen LogP contribution is 2.23. The Morgan fingerprint density at radius 3 is 2.50 bits per heavy atom. The number of carbonyl (C=O) groups is 1. The van der Waals surface area contributed by atoms with Crippen LogP contribution in [0.4, 0.5) is 0 Å². The molecule has 0 saturated heterocycles. The molecule has 0 saturated carbocycles. The van der Waals surface area contributed by atoms with Crippen molar-refractivity contribution < 1.29 is 9.53 Å². The molecule has 0 N–H and O–H groups in total. The first kappa shape index (κ1) is 16.2. The third kappa shape index (κ3) is 2.92. The lowest BCUT2D eigenvalue weighted by Crippen LogP contribution is -2.07. The number of benzene rings is 2. The number of aryl methyl sites for hydroxylation is 3. The molecule has 0 spiro atoms. The molecule has 4 nitrogen and oxygen atoms in total. The first-order valence-electron chi connectivity index (χ1n) is 8.20. The zero-order valence-electron chi connectivity index (χ0n) is 14.6. The molecular weight excluding hydrogens is 300 g/mol. The van der Waals surface area contributed by atoms with Gasteiger partial charge in [0.2, 0.25) is 0 Å². The molecule has 2 aromatic carbocycles. The maximum absolute atomic E-state index is 12.0. The molecule has 3 rings (SSSR count). The van der Waals surface area contributed by atoms with Gasteiger partial charge >= 0.3 is 5.97 Å². The van der Waals surface area contributed by atoms with Crippen molar-refractivity contribution in [2.24, 2.45) is 0 Å². The second-order valence-electron chi connectivity index (χ2n) is 6.07. The van der Waals surface area contributed by atoms with Crippen LogP contribution < -0.4 is 0 Å². The van der Waals surface area contributed by atoms with E-state index < -0.39 is 0 Å². The van der Waals surface area contributed by atoms with Crippen LogP contribution in [0.1, 0.15) is 39.7 Å². The van der Waals surface area contributed by atoms with E-state index in [2.05, 4.69) is 37.1 Å². The fraction of sp³-hybridized carbons (Fsp3) is 0.300. The summed E-state index contributed by atoms with van der Waals surface area (Å²) in [7, 11) is 0. The summed E-state index contributed by atoms with van der Waals surface area (Å²) in [6.07, 6.45) is 0. The smallest absolute Gasteiger partial charge is 0.338 e. The minimum Gasteiger partial charge on any atom is -0.462 e. The molecule has 1 aromatic heterocycles. The van der Waals surface area contributed by atoms with E-state index in [4.69, 9.17) is 4.74 Å². The normalized spacial score (nSPS) is 11.0. The third-order valence-electron chi connectivity index (χ3n) is 4.40. The van der Waals surface area contributed by atoms with E-state index in [9.17, 15) is 4.79 Å². The van der Waals surface area contributed by atoms with Crippen molar-refractivity contribution in [3.05, 3.63) is 64.3 Å². The van der Waals surface area contributed by atoms with Crippen LogP contribution in [-0.2, 0) is 11.3 Å². The Balaban J connectivity index is 2.07. The molecular formula is C20H22N2O2. The molecule has 24 heavy (non-hydrogen) atoms. The van der Waals surface area contributed by atoms with Crippen LogP contribution in [0.2, 0.25) is 0 Å². The highest BCUT2D eigenvalue weighted by atomic mass is 16.5. The third-order valence-corrected chi connectivity index (χ3v) is 4.40.